The number of ketones is 2. The molecule has 35 heavy (non-hydrogen) atoms. The number of rotatable bonds is 8. The lowest BCUT2D eigenvalue weighted by atomic mass is 9.91. The Balaban J connectivity index is 1.52. The normalized spacial score (nSPS) is 16.3. The summed E-state index contributed by atoms with van der Waals surface area (Å²) in [7, 11) is 0. The van der Waals surface area contributed by atoms with Gasteiger partial charge in [0.05, 0.1) is 0 Å². The van der Waals surface area contributed by atoms with E-state index in [1.807, 2.05) is 4.90 Å². The van der Waals surface area contributed by atoms with Crippen molar-refractivity contribution in [3.8, 4) is 0 Å². The number of Topliss-reactive ketones (excluding diaryl/α,β-unsaturated/α-hetero) is 2. The quantitative estimate of drug-likeness (QED) is 0.538. The molecule has 186 valence electrons. The highest BCUT2D eigenvalue weighted by molar-refractivity contribution is 6.02. The number of carbonyl (C=O) groups is 4. The molecule has 1 heterocycles. The van der Waals surface area contributed by atoms with E-state index in [2.05, 4.69) is 10.6 Å². The molecular weight excluding hydrogens is 449 g/mol. The number of nitrogens with zero attached hydrogens (tertiary/aromatic N) is 1. The van der Waals surface area contributed by atoms with Crippen molar-refractivity contribution in [2.24, 2.45) is 5.92 Å². The Morgan fingerprint density at radius 3 is 2.26 bits per heavy atom. The molecule has 1 aliphatic heterocycles. The number of halogens is 1. The zero-order valence-electron chi connectivity index (χ0n) is 20.4. The maximum absolute atomic E-state index is 13.2. The van der Waals surface area contributed by atoms with Gasteiger partial charge in [-0.15, -0.1) is 0 Å². The minimum atomic E-state index is -0.520. The van der Waals surface area contributed by atoms with Gasteiger partial charge < -0.3 is 15.5 Å². The molecular formula is C27H32FN3O4. The molecule has 3 rings (SSSR count). The van der Waals surface area contributed by atoms with E-state index in [9.17, 15) is 23.6 Å². The zero-order chi connectivity index (χ0) is 25.5. The molecule has 0 aliphatic carbocycles. The van der Waals surface area contributed by atoms with Gasteiger partial charge in [-0.3, -0.25) is 14.4 Å². The Morgan fingerprint density at radius 2 is 1.66 bits per heavy atom. The molecule has 1 fully saturated rings. The fourth-order valence-electron chi connectivity index (χ4n) is 4.35. The molecule has 2 unspecified atom stereocenters. The van der Waals surface area contributed by atoms with Crippen LogP contribution in [-0.2, 0) is 11.2 Å². The number of hydrogen-bond donors (Lipinski definition) is 2. The lowest BCUT2D eigenvalue weighted by molar-refractivity contribution is -0.133. The number of likely N-dealkylation sites (tertiary alicyclic amines) is 1. The van der Waals surface area contributed by atoms with E-state index < -0.39 is 12.1 Å². The first-order valence-electron chi connectivity index (χ1n) is 11.9. The predicted octanol–water partition coefficient (Wildman–Crippen LogP) is 4.61. The van der Waals surface area contributed by atoms with Crippen LogP contribution in [0.15, 0.2) is 42.5 Å². The summed E-state index contributed by atoms with van der Waals surface area (Å²) >= 11 is 0. The molecule has 3 amide bonds. The molecule has 0 saturated carbocycles. The van der Waals surface area contributed by atoms with E-state index >= 15 is 0 Å². The van der Waals surface area contributed by atoms with E-state index in [1.54, 1.807) is 19.1 Å². The van der Waals surface area contributed by atoms with Crippen molar-refractivity contribution in [2.45, 2.75) is 52.5 Å². The summed E-state index contributed by atoms with van der Waals surface area (Å²) in [6.45, 7) is 5.86. The molecule has 0 aromatic heterocycles. The molecule has 8 heteroatoms. The van der Waals surface area contributed by atoms with Crippen molar-refractivity contribution in [3.63, 3.8) is 0 Å². The van der Waals surface area contributed by atoms with Gasteiger partial charge in [0.15, 0.2) is 11.6 Å². The number of urea groups is 1. The Morgan fingerprint density at radius 1 is 1.03 bits per heavy atom. The van der Waals surface area contributed by atoms with Gasteiger partial charge in [-0.05, 0) is 81.8 Å². The second-order valence-electron chi connectivity index (χ2n) is 9.29. The third-order valence-electron chi connectivity index (χ3n) is 6.17. The second kappa shape index (κ2) is 11.7. The molecule has 0 radical (unpaired) electrons. The molecule has 2 N–H and O–H groups in total. The molecule has 7 nitrogen and oxygen atoms in total. The number of amides is 3. The molecule has 0 bridgehead atoms. The van der Waals surface area contributed by atoms with Gasteiger partial charge in [0.1, 0.15) is 5.82 Å². The fourth-order valence-corrected chi connectivity index (χ4v) is 4.35. The van der Waals surface area contributed by atoms with Crippen molar-refractivity contribution in [1.29, 1.82) is 0 Å². The molecule has 2 aromatic carbocycles. The summed E-state index contributed by atoms with van der Waals surface area (Å²) in [5, 5.41) is 5.40. The summed E-state index contributed by atoms with van der Waals surface area (Å²) in [4.78, 5) is 50.7. The monoisotopic (exact) mass is 481 g/mol. The number of piperidine rings is 1. The predicted molar refractivity (Wildman–Crippen MR) is 132 cm³/mol. The number of hydrogen-bond acceptors (Lipinski definition) is 4. The smallest absolute Gasteiger partial charge is 0.319 e. The van der Waals surface area contributed by atoms with E-state index in [-0.39, 0.29) is 29.7 Å². The van der Waals surface area contributed by atoms with Crippen molar-refractivity contribution < 1.29 is 23.6 Å². The van der Waals surface area contributed by atoms with Crippen LogP contribution in [0.3, 0.4) is 0 Å². The highest BCUT2D eigenvalue weighted by Crippen LogP contribution is 2.22. The van der Waals surface area contributed by atoms with Gasteiger partial charge in [0.25, 0.3) is 0 Å². The topological polar surface area (TPSA) is 95.6 Å². The van der Waals surface area contributed by atoms with Gasteiger partial charge in [0, 0.05) is 42.4 Å². The van der Waals surface area contributed by atoms with Crippen LogP contribution in [0.5, 0.6) is 0 Å². The highest BCUT2D eigenvalue weighted by Gasteiger charge is 2.25. The van der Waals surface area contributed by atoms with Gasteiger partial charge in [-0.2, -0.15) is 0 Å². The van der Waals surface area contributed by atoms with Crippen molar-refractivity contribution in [2.75, 3.05) is 18.4 Å². The van der Waals surface area contributed by atoms with Crippen LogP contribution in [0, 0.1) is 11.7 Å². The summed E-state index contributed by atoms with van der Waals surface area (Å²) in [5.41, 5.74) is 2.05. The number of nitrogens with one attached hydrogen (secondary N) is 2. The van der Waals surface area contributed by atoms with E-state index in [0.717, 1.165) is 24.8 Å². The standard InChI is InChI=1S/C27H32FN3O4/c1-17(29-27(35)30-25-14-22(18(2)32)13-23(15-25)19(3)33)11-26(34)31-10-4-5-21(16-31)12-20-6-8-24(28)9-7-20/h6-9,13-15,17,21H,4-5,10-12,16H2,1-3H3,(H2,29,30,35). The number of carbonyl (C=O) groups excluding carboxylic acids is 4. The summed E-state index contributed by atoms with van der Waals surface area (Å²) < 4.78 is 13.2. The maximum Gasteiger partial charge on any atom is 0.319 e. The minimum absolute atomic E-state index is 0.0287. The Labute approximate surface area is 205 Å². The average Bonchev–Trinajstić information content (AvgIpc) is 2.80. The van der Waals surface area contributed by atoms with Crippen LogP contribution in [0.1, 0.15) is 66.3 Å². The van der Waals surface area contributed by atoms with Gasteiger partial charge >= 0.3 is 6.03 Å². The fraction of sp³-hybridized carbons (Fsp3) is 0.407. The van der Waals surface area contributed by atoms with Crippen LogP contribution in [0.4, 0.5) is 14.9 Å². The molecule has 1 saturated heterocycles. The summed E-state index contributed by atoms with van der Waals surface area (Å²) in [6.07, 6.45) is 2.87. The first-order chi connectivity index (χ1) is 16.6. The number of anilines is 1. The minimum Gasteiger partial charge on any atom is -0.342 e. The first-order valence-corrected chi connectivity index (χ1v) is 11.9. The van der Waals surface area contributed by atoms with Crippen LogP contribution < -0.4 is 10.6 Å². The van der Waals surface area contributed by atoms with E-state index in [0.29, 0.717) is 35.8 Å². The Kier molecular flexibility index (Phi) is 8.73. The average molecular weight is 482 g/mol. The van der Waals surface area contributed by atoms with E-state index in [1.165, 1.54) is 44.2 Å². The number of benzene rings is 2. The molecule has 0 spiro atoms. The van der Waals surface area contributed by atoms with Crippen molar-refractivity contribution in [1.82, 2.24) is 10.2 Å². The zero-order valence-corrected chi connectivity index (χ0v) is 20.4. The Hall–Kier alpha value is -3.55. The van der Waals surface area contributed by atoms with Crippen LogP contribution >= 0.6 is 0 Å². The van der Waals surface area contributed by atoms with Gasteiger partial charge in [0.2, 0.25) is 5.91 Å². The lowest BCUT2D eigenvalue weighted by Gasteiger charge is -2.33. The van der Waals surface area contributed by atoms with E-state index in [4.69, 9.17) is 0 Å². The lowest BCUT2D eigenvalue weighted by Crippen LogP contribution is -2.44. The van der Waals surface area contributed by atoms with Crippen LogP contribution in [-0.4, -0.2) is 47.5 Å². The summed E-state index contributed by atoms with van der Waals surface area (Å²) in [5.74, 6) is -0.400. The SMILES string of the molecule is CC(=O)c1cc(NC(=O)NC(C)CC(=O)N2CCCC(Cc3ccc(F)cc3)C2)cc(C(C)=O)c1. The van der Waals surface area contributed by atoms with Crippen molar-refractivity contribution in [3.05, 3.63) is 65.0 Å². The van der Waals surface area contributed by atoms with Crippen LogP contribution in [0.2, 0.25) is 0 Å². The maximum atomic E-state index is 13.2. The second-order valence-corrected chi connectivity index (χ2v) is 9.29. The third-order valence-corrected chi connectivity index (χ3v) is 6.17. The van der Waals surface area contributed by atoms with Gasteiger partial charge in [-0.25, -0.2) is 9.18 Å². The highest BCUT2D eigenvalue weighted by atomic mass is 19.1. The largest absolute Gasteiger partial charge is 0.342 e. The molecule has 2 atom stereocenters. The molecule has 2 aromatic rings. The third kappa shape index (κ3) is 7.73. The van der Waals surface area contributed by atoms with Gasteiger partial charge in [-0.1, -0.05) is 12.1 Å². The molecule has 1 aliphatic rings. The Bertz CT molecular complexity index is 1070. The first kappa shape index (κ1) is 26.1. The van der Waals surface area contributed by atoms with Crippen molar-refractivity contribution >= 4 is 29.2 Å². The summed E-state index contributed by atoms with van der Waals surface area (Å²) in [6, 6.07) is 10.1. The van der Waals surface area contributed by atoms with Crippen LogP contribution in [0.25, 0.3) is 0 Å².